The van der Waals surface area contributed by atoms with E-state index in [1.807, 2.05) is 0 Å². The molecule has 1 rings (SSSR count). The Morgan fingerprint density at radius 2 is 2.10 bits per heavy atom. The van der Waals surface area contributed by atoms with Crippen LogP contribution in [-0.4, -0.2) is 21.6 Å². The lowest BCUT2D eigenvalue weighted by molar-refractivity contribution is -0.116. The number of benzene rings is 1. The largest absolute Gasteiger partial charge is 0.399 e. The Labute approximate surface area is 123 Å². The Bertz CT molecular complexity index is 461. The number of nitrogens with two attached hydrogens (primary N) is 1. The smallest absolute Gasteiger partial charge is 0.224 e. The molecular formula is C15H24N2O2S. The summed E-state index contributed by atoms with van der Waals surface area (Å²) in [5.41, 5.74) is 6.97. The third kappa shape index (κ3) is 7.28. The topological polar surface area (TPSA) is 72.2 Å². The number of anilines is 2. The van der Waals surface area contributed by atoms with Crippen molar-refractivity contribution in [1.29, 1.82) is 0 Å². The van der Waals surface area contributed by atoms with E-state index in [-0.39, 0.29) is 5.91 Å². The van der Waals surface area contributed by atoms with Crippen LogP contribution in [0.1, 0.15) is 33.1 Å². The molecule has 0 bridgehead atoms. The summed E-state index contributed by atoms with van der Waals surface area (Å²) >= 11 is 0. The SMILES string of the molecule is CC(C)CCS(=O)CCCC(=O)Nc1cccc(N)c1. The van der Waals surface area contributed by atoms with Gasteiger partial charge in [-0.2, -0.15) is 0 Å². The van der Waals surface area contributed by atoms with E-state index in [0.717, 1.165) is 12.2 Å². The van der Waals surface area contributed by atoms with E-state index in [9.17, 15) is 9.00 Å². The number of amides is 1. The lowest BCUT2D eigenvalue weighted by Gasteiger charge is -2.07. The highest BCUT2D eigenvalue weighted by Gasteiger charge is 2.06. The summed E-state index contributed by atoms with van der Waals surface area (Å²) in [5.74, 6) is 1.84. The first-order chi connectivity index (χ1) is 9.47. The predicted octanol–water partition coefficient (Wildman–Crippen LogP) is 2.78. The zero-order valence-electron chi connectivity index (χ0n) is 12.2. The van der Waals surface area contributed by atoms with E-state index in [1.165, 1.54) is 0 Å². The van der Waals surface area contributed by atoms with Crippen LogP contribution in [-0.2, 0) is 15.6 Å². The first kappa shape index (κ1) is 16.7. The van der Waals surface area contributed by atoms with Gasteiger partial charge in [-0.05, 0) is 37.0 Å². The molecule has 3 N–H and O–H groups in total. The van der Waals surface area contributed by atoms with E-state index in [2.05, 4.69) is 19.2 Å². The highest BCUT2D eigenvalue weighted by Crippen LogP contribution is 2.12. The molecule has 0 aliphatic rings. The van der Waals surface area contributed by atoms with Crippen LogP contribution < -0.4 is 11.1 Å². The third-order valence-electron chi connectivity index (χ3n) is 2.87. The van der Waals surface area contributed by atoms with E-state index in [1.54, 1.807) is 24.3 Å². The second kappa shape index (κ2) is 8.74. The fourth-order valence-corrected chi connectivity index (χ4v) is 3.11. The molecule has 0 saturated heterocycles. The van der Waals surface area contributed by atoms with Crippen molar-refractivity contribution >= 4 is 28.1 Å². The number of nitrogen functional groups attached to an aromatic ring is 1. The Morgan fingerprint density at radius 3 is 2.75 bits per heavy atom. The fourth-order valence-electron chi connectivity index (χ4n) is 1.70. The lowest BCUT2D eigenvalue weighted by Crippen LogP contribution is -2.13. The van der Waals surface area contributed by atoms with Gasteiger partial charge in [0.05, 0.1) is 0 Å². The van der Waals surface area contributed by atoms with Gasteiger partial charge in [-0.25, -0.2) is 0 Å². The summed E-state index contributed by atoms with van der Waals surface area (Å²) in [6, 6.07) is 7.09. The van der Waals surface area contributed by atoms with E-state index in [0.29, 0.717) is 35.9 Å². The number of nitrogens with one attached hydrogen (secondary N) is 1. The van der Waals surface area contributed by atoms with Gasteiger partial charge in [0.15, 0.2) is 0 Å². The molecular weight excluding hydrogens is 272 g/mol. The van der Waals surface area contributed by atoms with E-state index < -0.39 is 10.8 Å². The van der Waals surface area contributed by atoms with Gasteiger partial charge in [0.2, 0.25) is 5.91 Å². The monoisotopic (exact) mass is 296 g/mol. The quantitative estimate of drug-likeness (QED) is 0.725. The van der Waals surface area contributed by atoms with Gasteiger partial charge in [0.25, 0.3) is 0 Å². The molecule has 0 spiro atoms. The maximum absolute atomic E-state index is 11.7. The zero-order chi connectivity index (χ0) is 15.0. The summed E-state index contributed by atoms with van der Waals surface area (Å²) in [6.45, 7) is 4.24. The van der Waals surface area contributed by atoms with Gasteiger partial charge in [-0.3, -0.25) is 9.00 Å². The average Bonchev–Trinajstić information content (AvgIpc) is 2.36. The summed E-state index contributed by atoms with van der Waals surface area (Å²) < 4.78 is 11.7. The molecule has 5 heteroatoms. The molecule has 0 heterocycles. The van der Waals surface area contributed by atoms with Gasteiger partial charge < -0.3 is 11.1 Å². The number of carbonyl (C=O) groups is 1. The van der Waals surface area contributed by atoms with Crippen LogP contribution in [0.15, 0.2) is 24.3 Å². The molecule has 0 saturated carbocycles. The maximum atomic E-state index is 11.7. The van der Waals surface area contributed by atoms with E-state index in [4.69, 9.17) is 5.73 Å². The van der Waals surface area contributed by atoms with Crippen molar-refractivity contribution in [2.45, 2.75) is 33.1 Å². The Balaban J connectivity index is 2.22. The van der Waals surface area contributed by atoms with Crippen molar-refractivity contribution in [3.63, 3.8) is 0 Å². The maximum Gasteiger partial charge on any atom is 0.224 e. The number of hydrogen-bond acceptors (Lipinski definition) is 3. The van der Waals surface area contributed by atoms with Gasteiger partial charge in [-0.15, -0.1) is 0 Å². The molecule has 1 aromatic carbocycles. The van der Waals surface area contributed by atoms with Crippen molar-refractivity contribution < 1.29 is 9.00 Å². The normalized spacial score (nSPS) is 12.3. The molecule has 20 heavy (non-hydrogen) atoms. The molecule has 0 aliphatic carbocycles. The zero-order valence-corrected chi connectivity index (χ0v) is 13.0. The number of hydrogen-bond donors (Lipinski definition) is 2. The molecule has 0 aromatic heterocycles. The molecule has 1 atom stereocenters. The Hall–Kier alpha value is -1.36. The van der Waals surface area contributed by atoms with Crippen LogP contribution in [0.4, 0.5) is 11.4 Å². The second-order valence-corrected chi connectivity index (χ2v) is 7.00. The first-order valence-corrected chi connectivity index (χ1v) is 8.46. The predicted molar refractivity (Wildman–Crippen MR) is 86.0 cm³/mol. The third-order valence-corrected chi connectivity index (χ3v) is 4.30. The highest BCUT2D eigenvalue weighted by molar-refractivity contribution is 7.84. The average molecular weight is 296 g/mol. The van der Waals surface area contributed by atoms with Crippen LogP contribution in [0.2, 0.25) is 0 Å². The molecule has 0 aliphatic heterocycles. The molecule has 0 fully saturated rings. The summed E-state index contributed by atoms with van der Waals surface area (Å²) in [5, 5.41) is 2.79. The molecule has 112 valence electrons. The molecule has 1 amide bonds. The van der Waals surface area contributed by atoms with Gasteiger partial charge in [-0.1, -0.05) is 19.9 Å². The Kier molecular flexibility index (Phi) is 7.30. The lowest BCUT2D eigenvalue weighted by atomic mass is 10.2. The van der Waals surface area contributed by atoms with Crippen molar-refractivity contribution in [2.75, 3.05) is 22.6 Å². The van der Waals surface area contributed by atoms with Gasteiger partial charge in [0.1, 0.15) is 0 Å². The van der Waals surface area contributed by atoms with E-state index >= 15 is 0 Å². The van der Waals surface area contributed by atoms with Gasteiger partial charge in [0, 0.05) is 40.1 Å². The van der Waals surface area contributed by atoms with Gasteiger partial charge >= 0.3 is 0 Å². The standard InChI is InChI=1S/C15H24N2O2S/c1-12(2)8-10-20(19)9-4-7-15(18)17-14-6-3-5-13(16)11-14/h3,5-6,11-12H,4,7-10,16H2,1-2H3,(H,17,18). The minimum Gasteiger partial charge on any atom is -0.399 e. The minimum atomic E-state index is -0.807. The van der Waals surface area contributed by atoms with Crippen LogP contribution in [0.25, 0.3) is 0 Å². The highest BCUT2D eigenvalue weighted by atomic mass is 32.2. The van der Waals surface area contributed by atoms with Crippen LogP contribution >= 0.6 is 0 Å². The molecule has 0 radical (unpaired) electrons. The van der Waals surface area contributed by atoms with Crippen molar-refractivity contribution in [1.82, 2.24) is 0 Å². The van der Waals surface area contributed by atoms with Crippen LogP contribution in [0, 0.1) is 5.92 Å². The molecule has 4 nitrogen and oxygen atoms in total. The summed E-state index contributed by atoms with van der Waals surface area (Å²) in [7, 11) is -0.807. The molecule has 1 unspecified atom stereocenters. The molecule has 1 aromatic rings. The number of rotatable bonds is 8. The summed E-state index contributed by atoms with van der Waals surface area (Å²) in [6.07, 6.45) is 2.02. The van der Waals surface area contributed by atoms with Crippen LogP contribution in [0.3, 0.4) is 0 Å². The van der Waals surface area contributed by atoms with Crippen molar-refractivity contribution in [3.8, 4) is 0 Å². The minimum absolute atomic E-state index is 0.0588. The summed E-state index contributed by atoms with van der Waals surface area (Å²) in [4.78, 5) is 11.7. The Morgan fingerprint density at radius 1 is 1.35 bits per heavy atom. The van der Waals surface area contributed by atoms with Crippen LogP contribution in [0.5, 0.6) is 0 Å². The second-order valence-electron chi connectivity index (χ2n) is 5.31. The van der Waals surface area contributed by atoms with Crippen molar-refractivity contribution in [3.05, 3.63) is 24.3 Å². The first-order valence-electron chi connectivity index (χ1n) is 6.97. The van der Waals surface area contributed by atoms with Crippen molar-refractivity contribution in [2.24, 2.45) is 5.92 Å². The fraction of sp³-hybridized carbons (Fsp3) is 0.533. The number of carbonyl (C=O) groups excluding carboxylic acids is 1.